The summed E-state index contributed by atoms with van der Waals surface area (Å²) in [6.07, 6.45) is 5.22. The van der Waals surface area contributed by atoms with Gasteiger partial charge in [0, 0.05) is 42.7 Å². The topological polar surface area (TPSA) is 107 Å². The summed E-state index contributed by atoms with van der Waals surface area (Å²) in [6, 6.07) is 11.6. The first-order valence-electron chi connectivity index (χ1n) is 8.94. The van der Waals surface area contributed by atoms with Crippen molar-refractivity contribution in [3.8, 4) is 12.1 Å². The lowest BCUT2D eigenvalue weighted by Crippen LogP contribution is -2.28. The molecule has 0 radical (unpaired) electrons. The van der Waals surface area contributed by atoms with E-state index in [1.807, 2.05) is 16.8 Å². The van der Waals surface area contributed by atoms with E-state index in [2.05, 4.69) is 27.4 Å². The largest absolute Gasteiger partial charge is 0.350 e. The molecule has 2 aromatic rings. The zero-order valence-corrected chi connectivity index (χ0v) is 15.8. The molecule has 0 spiro atoms. The smallest absolute Gasteiger partial charge is 0.251 e. The highest BCUT2D eigenvalue weighted by Gasteiger charge is 2.34. The van der Waals surface area contributed by atoms with Crippen molar-refractivity contribution in [3.63, 3.8) is 0 Å². The van der Waals surface area contributed by atoms with Crippen molar-refractivity contribution in [2.45, 2.75) is 26.3 Å². The maximum Gasteiger partial charge on any atom is 0.251 e. The van der Waals surface area contributed by atoms with Crippen molar-refractivity contribution in [1.29, 1.82) is 10.5 Å². The maximum absolute atomic E-state index is 12.5. The van der Waals surface area contributed by atoms with Gasteiger partial charge in [0.15, 0.2) is 0 Å². The number of carbonyl (C=O) groups is 1. The summed E-state index contributed by atoms with van der Waals surface area (Å²) >= 11 is 0. The molecule has 1 aromatic heterocycles. The number of amides is 1. The Bertz CT molecular complexity index is 1020. The van der Waals surface area contributed by atoms with Gasteiger partial charge >= 0.3 is 0 Å². The number of hydrogen-bond acceptors (Lipinski definition) is 5. The molecule has 0 bridgehead atoms. The third-order valence-corrected chi connectivity index (χ3v) is 4.81. The number of carbonyl (C=O) groups excluding carboxylic acids is 1. The van der Waals surface area contributed by atoms with Crippen LogP contribution in [0, 0.1) is 28.6 Å². The Morgan fingerprint density at radius 1 is 1.32 bits per heavy atom. The fourth-order valence-electron chi connectivity index (χ4n) is 3.40. The number of allylic oxidation sites excluding steroid dienone is 2. The van der Waals surface area contributed by atoms with Crippen molar-refractivity contribution in [1.82, 2.24) is 14.9 Å². The summed E-state index contributed by atoms with van der Waals surface area (Å²) in [6.45, 7) is 4.67. The van der Waals surface area contributed by atoms with E-state index >= 15 is 0 Å². The third-order valence-electron chi connectivity index (χ3n) is 4.81. The van der Waals surface area contributed by atoms with Crippen LogP contribution in [0.15, 0.2) is 59.2 Å². The van der Waals surface area contributed by atoms with Crippen molar-refractivity contribution < 1.29 is 4.79 Å². The van der Waals surface area contributed by atoms with Gasteiger partial charge in [0.05, 0.1) is 35.7 Å². The van der Waals surface area contributed by atoms with Crippen molar-refractivity contribution >= 4 is 11.6 Å². The molecule has 1 amide bonds. The minimum atomic E-state index is -0.530. The number of benzene rings is 1. The van der Waals surface area contributed by atoms with Gasteiger partial charge in [-0.15, -0.1) is 0 Å². The van der Waals surface area contributed by atoms with Crippen LogP contribution < -0.4 is 5.32 Å². The van der Waals surface area contributed by atoms with Crippen LogP contribution in [0.2, 0.25) is 0 Å². The van der Waals surface area contributed by atoms with Crippen LogP contribution in [0.5, 0.6) is 0 Å². The zero-order chi connectivity index (χ0) is 20.1. The number of imidazole rings is 1. The Labute approximate surface area is 163 Å². The Kier molecular flexibility index (Phi) is 5.67. The van der Waals surface area contributed by atoms with Crippen LogP contribution >= 0.6 is 0 Å². The minimum Gasteiger partial charge on any atom is -0.350 e. The van der Waals surface area contributed by atoms with E-state index in [0.29, 0.717) is 35.6 Å². The first-order chi connectivity index (χ1) is 13.5. The van der Waals surface area contributed by atoms with E-state index in [-0.39, 0.29) is 5.91 Å². The van der Waals surface area contributed by atoms with E-state index in [4.69, 9.17) is 0 Å². The first-order valence-corrected chi connectivity index (χ1v) is 8.94. The van der Waals surface area contributed by atoms with Crippen LogP contribution in [0.25, 0.3) is 0 Å². The number of aromatic nitrogens is 2. The van der Waals surface area contributed by atoms with Crippen LogP contribution in [-0.2, 0) is 6.54 Å². The summed E-state index contributed by atoms with van der Waals surface area (Å²) < 4.78 is 1.88. The van der Waals surface area contributed by atoms with Gasteiger partial charge in [0.1, 0.15) is 0 Å². The molecule has 140 valence electrons. The van der Waals surface area contributed by atoms with E-state index in [9.17, 15) is 15.3 Å². The molecule has 2 atom stereocenters. The predicted octanol–water partition coefficient (Wildman–Crippen LogP) is 2.81. The standard InChI is InChI=1S/C21H20N6O/c1-14-18(11-22)20(19(12-23)15(2)26-14)16-4-3-5-17(10-16)21(28)25-7-9-27-8-6-24-13-27/h3-6,8,10,13,18,20H,7,9H2,1-2H3,(H,25,28). The monoisotopic (exact) mass is 372 g/mol. The van der Waals surface area contributed by atoms with Crippen LogP contribution in [0.4, 0.5) is 0 Å². The number of nitrogens with zero attached hydrogens (tertiary/aromatic N) is 5. The Morgan fingerprint density at radius 2 is 2.14 bits per heavy atom. The second-order valence-corrected chi connectivity index (χ2v) is 6.63. The fourth-order valence-corrected chi connectivity index (χ4v) is 3.40. The molecular formula is C21H20N6O. The van der Waals surface area contributed by atoms with Crippen LogP contribution in [0.3, 0.4) is 0 Å². The van der Waals surface area contributed by atoms with E-state index < -0.39 is 11.8 Å². The van der Waals surface area contributed by atoms with Crippen molar-refractivity contribution in [2.24, 2.45) is 10.9 Å². The Hall–Kier alpha value is -3.71. The molecule has 0 aliphatic carbocycles. The summed E-state index contributed by atoms with van der Waals surface area (Å²) in [5.41, 5.74) is 3.02. The third kappa shape index (κ3) is 3.84. The number of hydrogen-bond donors (Lipinski definition) is 1. The van der Waals surface area contributed by atoms with Gasteiger partial charge in [-0.2, -0.15) is 10.5 Å². The van der Waals surface area contributed by atoms with E-state index in [0.717, 1.165) is 5.56 Å². The highest BCUT2D eigenvalue weighted by molar-refractivity contribution is 5.95. The second kappa shape index (κ2) is 8.32. The van der Waals surface area contributed by atoms with Gasteiger partial charge in [0.2, 0.25) is 0 Å². The molecular weight excluding hydrogens is 352 g/mol. The number of nitriles is 2. The summed E-state index contributed by atoms with van der Waals surface area (Å²) in [5.74, 6) is -1.15. The fraction of sp³-hybridized carbons (Fsp3) is 0.286. The predicted molar refractivity (Wildman–Crippen MR) is 104 cm³/mol. The number of rotatable bonds is 5. The lowest BCUT2D eigenvalue weighted by atomic mass is 9.76. The molecule has 7 heteroatoms. The highest BCUT2D eigenvalue weighted by atomic mass is 16.1. The van der Waals surface area contributed by atoms with Gasteiger partial charge in [-0.25, -0.2) is 4.98 Å². The van der Waals surface area contributed by atoms with E-state index in [1.54, 1.807) is 44.6 Å². The summed E-state index contributed by atoms with van der Waals surface area (Å²) in [5, 5.41) is 22.1. The second-order valence-electron chi connectivity index (χ2n) is 6.63. The molecule has 1 aliphatic heterocycles. The summed E-state index contributed by atoms with van der Waals surface area (Å²) in [7, 11) is 0. The SMILES string of the molecule is CC1=NC(C)=C(C#N)C(c2cccc(C(=O)NCCn3ccnc3)c2)C1C#N. The van der Waals surface area contributed by atoms with Crippen molar-refractivity contribution in [3.05, 3.63) is 65.4 Å². The molecule has 2 unspecified atom stereocenters. The average molecular weight is 372 g/mol. The normalized spacial score (nSPS) is 18.8. The summed E-state index contributed by atoms with van der Waals surface area (Å²) in [4.78, 5) is 20.9. The molecule has 28 heavy (non-hydrogen) atoms. The lowest BCUT2D eigenvalue weighted by Gasteiger charge is -2.27. The zero-order valence-electron chi connectivity index (χ0n) is 15.8. The van der Waals surface area contributed by atoms with E-state index in [1.165, 1.54) is 0 Å². The Balaban J connectivity index is 1.82. The minimum absolute atomic E-state index is 0.198. The molecule has 1 aromatic carbocycles. The highest BCUT2D eigenvalue weighted by Crippen LogP contribution is 2.38. The lowest BCUT2D eigenvalue weighted by molar-refractivity contribution is 0.0952. The van der Waals surface area contributed by atoms with Gasteiger partial charge in [0.25, 0.3) is 5.91 Å². The van der Waals surface area contributed by atoms with Crippen molar-refractivity contribution in [2.75, 3.05) is 6.54 Å². The molecule has 0 fully saturated rings. The van der Waals surface area contributed by atoms with Gasteiger partial charge in [-0.1, -0.05) is 12.1 Å². The molecule has 0 saturated heterocycles. The first kappa shape index (κ1) is 19.1. The molecule has 1 N–H and O–H groups in total. The van der Waals surface area contributed by atoms with Gasteiger partial charge in [-0.05, 0) is 31.5 Å². The average Bonchev–Trinajstić information content (AvgIpc) is 3.21. The number of nitrogens with one attached hydrogen (secondary N) is 1. The molecule has 0 saturated carbocycles. The maximum atomic E-state index is 12.5. The van der Waals surface area contributed by atoms with Gasteiger partial charge in [-0.3, -0.25) is 9.79 Å². The van der Waals surface area contributed by atoms with Gasteiger partial charge < -0.3 is 9.88 Å². The Morgan fingerprint density at radius 3 is 2.82 bits per heavy atom. The molecule has 2 heterocycles. The van der Waals surface area contributed by atoms with Crippen LogP contribution in [0.1, 0.15) is 35.7 Å². The van der Waals surface area contributed by atoms with Crippen LogP contribution in [-0.4, -0.2) is 27.7 Å². The number of aliphatic imine (C=N–C) groups is 1. The quantitative estimate of drug-likeness (QED) is 0.871. The molecule has 1 aliphatic rings. The molecule has 7 nitrogen and oxygen atoms in total. The molecule has 3 rings (SSSR count).